The Morgan fingerprint density at radius 1 is 1.53 bits per heavy atom. The molecule has 0 atom stereocenters. The summed E-state index contributed by atoms with van der Waals surface area (Å²) in [5.74, 6) is 1.79. The van der Waals surface area contributed by atoms with Gasteiger partial charge in [-0.05, 0) is 41.7 Å². The molecule has 2 rings (SSSR count). The second kappa shape index (κ2) is 6.18. The number of nitrogen functional groups attached to an aromatic ring is 1. The number of hydrogen-bond acceptors (Lipinski definition) is 4. The van der Waals surface area contributed by atoms with Gasteiger partial charge in [0.2, 0.25) is 0 Å². The first kappa shape index (κ1) is 14.7. The molecule has 0 unspecified atom stereocenters. The Morgan fingerprint density at radius 2 is 2.26 bits per heavy atom. The lowest BCUT2D eigenvalue weighted by Gasteiger charge is -2.13. The largest absolute Gasteiger partial charge is 0.469 e. The van der Waals surface area contributed by atoms with Crippen molar-refractivity contribution >= 4 is 39.3 Å². The molecule has 1 aliphatic rings. The fourth-order valence-corrected chi connectivity index (χ4v) is 3.79. The predicted octanol–water partition coefficient (Wildman–Crippen LogP) is 3.61. The van der Waals surface area contributed by atoms with Gasteiger partial charge in [-0.2, -0.15) is 11.8 Å². The van der Waals surface area contributed by atoms with Crippen LogP contribution in [-0.2, 0) is 15.3 Å². The summed E-state index contributed by atoms with van der Waals surface area (Å²) in [6.07, 6.45) is 2.81. The first-order valence-electron chi connectivity index (χ1n) is 6.23. The highest BCUT2D eigenvalue weighted by Gasteiger charge is 2.44. The lowest BCUT2D eigenvalue weighted by atomic mass is 10.1. The number of methoxy groups -OCH3 is 1. The topological polar surface area (TPSA) is 52.3 Å². The van der Waals surface area contributed by atoms with Crippen LogP contribution in [0.4, 0.5) is 5.69 Å². The molecule has 1 aromatic rings. The maximum atomic E-state index is 11.3. The van der Waals surface area contributed by atoms with Crippen molar-refractivity contribution in [2.24, 2.45) is 5.41 Å². The second-order valence-electron chi connectivity index (χ2n) is 5.09. The molecule has 0 aromatic heterocycles. The Morgan fingerprint density at radius 3 is 2.84 bits per heavy atom. The van der Waals surface area contributed by atoms with Crippen LogP contribution >= 0.6 is 27.7 Å². The van der Waals surface area contributed by atoms with E-state index in [1.165, 1.54) is 7.11 Å². The van der Waals surface area contributed by atoms with Crippen LogP contribution in [0.3, 0.4) is 0 Å². The highest BCUT2D eigenvalue weighted by molar-refractivity contribution is 9.10. The number of carbonyl (C=O) groups is 1. The van der Waals surface area contributed by atoms with Crippen molar-refractivity contribution in [1.29, 1.82) is 0 Å². The number of thioether (sulfide) groups is 1. The summed E-state index contributed by atoms with van der Waals surface area (Å²) in [5.41, 5.74) is 8.13. The molecular weight excluding hydrogens is 326 g/mol. The van der Waals surface area contributed by atoms with Gasteiger partial charge in [-0.1, -0.05) is 22.0 Å². The van der Waals surface area contributed by atoms with Crippen molar-refractivity contribution in [3.8, 4) is 0 Å². The fourth-order valence-electron chi connectivity index (χ4n) is 2.00. The van der Waals surface area contributed by atoms with E-state index in [2.05, 4.69) is 15.9 Å². The maximum absolute atomic E-state index is 11.3. The van der Waals surface area contributed by atoms with Crippen molar-refractivity contribution in [2.45, 2.75) is 25.0 Å². The van der Waals surface area contributed by atoms with Gasteiger partial charge in [0.25, 0.3) is 0 Å². The van der Waals surface area contributed by atoms with E-state index in [1.807, 2.05) is 30.0 Å². The van der Waals surface area contributed by atoms with E-state index in [-0.39, 0.29) is 11.4 Å². The zero-order valence-electron chi connectivity index (χ0n) is 10.9. The number of anilines is 1. The number of ether oxygens (including phenoxy) is 1. The summed E-state index contributed by atoms with van der Waals surface area (Å²) in [5, 5.41) is 0. The Balaban J connectivity index is 1.82. The molecule has 0 saturated heterocycles. The zero-order chi connectivity index (χ0) is 13.9. The molecule has 5 heteroatoms. The van der Waals surface area contributed by atoms with Crippen LogP contribution in [0.1, 0.15) is 24.8 Å². The van der Waals surface area contributed by atoms with Crippen molar-refractivity contribution in [3.05, 3.63) is 28.2 Å². The molecular formula is C14H18BrNO2S. The van der Waals surface area contributed by atoms with Crippen LogP contribution in [-0.4, -0.2) is 18.8 Å². The molecule has 0 aliphatic heterocycles. The smallest absolute Gasteiger partial charge is 0.306 e. The average Bonchev–Trinajstić information content (AvgIpc) is 3.12. The van der Waals surface area contributed by atoms with Crippen LogP contribution in [0.25, 0.3) is 0 Å². The third-order valence-electron chi connectivity index (χ3n) is 3.48. The van der Waals surface area contributed by atoms with Crippen molar-refractivity contribution in [3.63, 3.8) is 0 Å². The van der Waals surface area contributed by atoms with Gasteiger partial charge in [0.15, 0.2) is 0 Å². The van der Waals surface area contributed by atoms with E-state index in [0.717, 1.165) is 40.1 Å². The standard InChI is InChI=1S/C14H18BrNO2S/c1-18-13(17)7-14(4-5-14)9-19-8-10-2-3-11(15)6-12(10)16/h2-3,6H,4-5,7-9,16H2,1H3. The number of halogens is 1. The van der Waals surface area contributed by atoms with E-state index in [0.29, 0.717) is 6.42 Å². The number of benzene rings is 1. The third-order valence-corrected chi connectivity index (χ3v) is 5.30. The van der Waals surface area contributed by atoms with E-state index < -0.39 is 0 Å². The van der Waals surface area contributed by atoms with Gasteiger partial charge in [0.1, 0.15) is 0 Å². The molecule has 1 saturated carbocycles. The first-order valence-corrected chi connectivity index (χ1v) is 8.18. The van der Waals surface area contributed by atoms with Gasteiger partial charge in [-0.3, -0.25) is 4.79 Å². The van der Waals surface area contributed by atoms with Crippen molar-refractivity contribution in [2.75, 3.05) is 18.6 Å². The molecule has 0 spiro atoms. The third kappa shape index (κ3) is 4.14. The quantitative estimate of drug-likeness (QED) is 0.633. The van der Waals surface area contributed by atoms with Crippen LogP contribution in [0, 0.1) is 5.41 Å². The Kier molecular flexibility index (Phi) is 4.79. The molecule has 0 radical (unpaired) electrons. The van der Waals surface area contributed by atoms with Gasteiger partial charge in [0.05, 0.1) is 13.5 Å². The normalized spacial score (nSPS) is 16.1. The number of hydrogen-bond donors (Lipinski definition) is 1. The van der Waals surface area contributed by atoms with Crippen molar-refractivity contribution in [1.82, 2.24) is 0 Å². The second-order valence-corrected chi connectivity index (χ2v) is 6.99. The lowest BCUT2D eigenvalue weighted by Crippen LogP contribution is -2.13. The van der Waals surface area contributed by atoms with Crippen molar-refractivity contribution < 1.29 is 9.53 Å². The minimum atomic E-state index is -0.0961. The van der Waals surface area contributed by atoms with Gasteiger partial charge in [-0.25, -0.2) is 0 Å². The van der Waals surface area contributed by atoms with Crippen LogP contribution in [0.15, 0.2) is 22.7 Å². The van der Waals surface area contributed by atoms with E-state index in [1.54, 1.807) is 0 Å². The summed E-state index contributed by atoms with van der Waals surface area (Å²) in [6.45, 7) is 0. The molecule has 0 heterocycles. The van der Waals surface area contributed by atoms with Gasteiger partial charge in [-0.15, -0.1) is 0 Å². The molecule has 1 aromatic carbocycles. The van der Waals surface area contributed by atoms with Gasteiger partial charge in [0, 0.05) is 15.9 Å². The van der Waals surface area contributed by atoms with Crippen LogP contribution < -0.4 is 5.73 Å². The average molecular weight is 344 g/mol. The molecule has 1 aliphatic carbocycles. The van der Waals surface area contributed by atoms with Crippen LogP contribution in [0.5, 0.6) is 0 Å². The Labute approximate surface area is 126 Å². The first-order chi connectivity index (χ1) is 9.04. The zero-order valence-corrected chi connectivity index (χ0v) is 13.4. The summed E-state index contributed by atoms with van der Waals surface area (Å²) in [7, 11) is 1.45. The summed E-state index contributed by atoms with van der Waals surface area (Å²) < 4.78 is 5.75. The minimum absolute atomic E-state index is 0.0961. The summed E-state index contributed by atoms with van der Waals surface area (Å²) in [4.78, 5) is 11.3. The predicted molar refractivity (Wildman–Crippen MR) is 83.0 cm³/mol. The number of nitrogens with two attached hydrogens (primary N) is 1. The Bertz CT molecular complexity index is 475. The summed E-state index contributed by atoms with van der Waals surface area (Å²) >= 11 is 5.25. The SMILES string of the molecule is COC(=O)CC1(CSCc2ccc(Br)cc2N)CC1. The summed E-state index contributed by atoms with van der Waals surface area (Å²) in [6, 6.07) is 5.98. The van der Waals surface area contributed by atoms with Crippen LogP contribution in [0.2, 0.25) is 0 Å². The highest BCUT2D eigenvalue weighted by atomic mass is 79.9. The van der Waals surface area contributed by atoms with Gasteiger partial charge >= 0.3 is 5.97 Å². The van der Waals surface area contributed by atoms with E-state index in [9.17, 15) is 4.79 Å². The molecule has 3 nitrogen and oxygen atoms in total. The number of esters is 1. The maximum Gasteiger partial charge on any atom is 0.306 e. The molecule has 1 fully saturated rings. The molecule has 0 bridgehead atoms. The molecule has 19 heavy (non-hydrogen) atoms. The Hall–Kier alpha value is -0.680. The minimum Gasteiger partial charge on any atom is -0.469 e. The van der Waals surface area contributed by atoms with E-state index in [4.69, 9.17) is 10.5 Å². The highest BCUT2D eigenvalue weighted by Crippen LogP contribution is 2.51. The van der Waals surface area contributed by atoms with Gasteiger partial charge < -0.3 is 10.5 Å². The van der Waals surface area contributed by atoms with E-state index >= 15 is 0 Å². The number of rotatable bonds is 6. The number of carbonyl (C=O) groups excluding carboxylic acids is 1. The molecule has 0 amide bonds. The fraction of sp³-hybridized carbons (Fsp3) is 0.500. The molecule has 104 valence electrons. The monoisotopic (exact) mass is 343 g/mol. The molecule has 2 N–H and O–H groups in total. The lowest BCUT2D eigenvalue weighted by molar-refractivity contribution is -0.141.